The fourth-order valence-corrected chi connectivity index (χ4v) is 2.11. The lowest BCUT2D eigenvalue weighted by molar-refractivity contribution is 0.175. The van der Waals surface area contributed by atoms with E-state index in [9.17, 15) is 5.11 Å². The Balaban J connectivity index is 1.95. The summed E-state index contributed by atoms with van der Waals surface area (Å²) in [4.78, 5) is 4.40. The van der Waals surface area contributed by atoms with Crippen LogP contribution in [-0.2, 0) is 6.54 Å². The zero-order valence-electron chi connectivity index (χ0n) is 10.1. The first-order chi connectivity index (χ1) is 7.65. The lowest BCUT2D eigenvalue weighted by Crippen LogP contribution is -2.21. The number of hydrogen-bond donors (Lipinski definition) is 1. The maximum atomic E-state index is 9.45. The molecule has 3 heteroatoms. The summed E-state index contributed by atoms with van der Waals surface area (Å²) in [6.07, 6.45) is 0.788. The van der Waals surface area contributed by atoms with Gasteiger partial charge in [0.1, 0.15) is 0 Å². The average Bonchev–Trinajstić information content (AvgIpc) is 2.65. The van der Waals surface area contributed by atoms with E-state index in [4.69, 9.17) is 0 Å². The van der Waals surface area contributed by atoms with Gasteiger partial charge >= 0.3 is 0 Å². The van der Waals surface area contributed by atoms with E-state index < -0.39 is 0 Å². The Labute approximate surface area is 97.3 Å². The number of hydrogen-bond acceptors (Lipinski definition) is 3. The molecule has 0 unspecified atom stereocenters. The quantitative estimate of drug-likeness (QED) is 0.832. The van der Waals surface area contributed by atoms with Crippen LogP contribution in [0.5, 0.6) is 0 Å². The first-order valence-corrected chi connectivity index (χ1v) is 5.82. The molecule has 1 fully saturated rings. The van der Waals surface area contributed by atoms with Crippen LogP contribution in [0.2, 0.25) is 0 Å². The lowest BCUT2D eigenvalue weighted by Gasteiger charge is -2.16. The Morgan fingerprint density at radius 2 is 2.00 bits per heavy atom. The normalized spacial score (nSPS) is 21.3. The van der Waals surface area contributed by atoms with Gasteiger partial charge in [-0.25, -0.2) is 0 Å². The topological polar surface area (TPSA) is 26.7 Å². The van der Waals surface area contributed by atoms with Gasteiger partial charge in [-0.1, -0.05) is 12.1 Å². The predicted molar refractivity (Wildman–Crippen MR) is 66.7 cm³/mol. The van der Waals surface area contributed by atoms with E-state index in [1.54, 1.807) is 0 Å². The third-order valence-electron chi connectivity index (χ3n) is 3.11. The van der Waals surface area contributed by atoms with Gasteiger partial charge in [-0.2, -0.15) is 0 Å². The van der Waals surface area contributed by atoms with Gasteiger partial charge in [0.05, 0.1) is 6.10 Å². The molecule has 2 rings (SSSR count). The summed E-state index contributed by atoms with van der Waals surface area (Å²) in [5, 5.41) is 9.45. The van der Waals surface area contributed by atoms with Gasteiger partial charge in [0.25, 0.3) is 0 Å². The highest BCUT2D eigenvalue weighted by atomic mass is 16.3. The van der Waals surface area contributed by atoms with Gasteiger partial charge in [-0.3, -0.25) is 4.90 Å². The molecule has 0 amide bonds. The van der Waals surface area contributed by atoms with Crippen molar-refractivity contribution in [2.24, 2.45) is 0 Å². The SMILES string of the molecule is CN(C)c1ccc(CN2CC[C@@H](O)C2)cc1. The van der Waals surface area contributed by atoms with Crippen molar-refractivity contribution in [3.63, 3.8) is 0 Å². The molecule has 0 spiro atoms. The van der Waals surface area contributed by atoms with Gasteiger partial charge < -0.3 is 10.0 Å². The highest BCUT2D eigenvalue weighted by Gasteiger charge is 2.19. The zero-order valence-corrected chi connectivity index (χ0v) is 10.1. The van der Waals surface area contributed by atoms with E-state index in [-0.39, 0.29) is 6.10 Å². The summed E-state index contributed by atoms with van der Waals surface area (Å²) >= 11 is 0. The van der Waals surface area contributed by atoms with Crippen molar-refractivity contribution < 1.29 is 5.11 Å². The fraction of sp³-hybridized carbons (Fsp3) is 0.538. The van der Waals surface area contributed by atoms with Crippen molar-refractivity contribution in [3.8, 4) is 0 Å². The van der Waals surface area contributed by atoms with Gasteiger partial charge in [-0.15, -0.1) is 0 Å². The van der Waals surface area contributed by atoms with Crippen LogP contribution in [0.1, 0.15) is 12.0 Å². The fourth-order valence-electron chi connectivity index (χ4n) is 2.11. The number of anilines is 1. The molecule has 1 aliphatic rings. The third kappa shape index (κ3) is 2.74. The van der Waals surface area contributed by atoms with E-state index >= 15 is 0 Å². The Hall–Kier alpha value is -1.06. The van der Waals surface area contributed by atoms with Crippen molar-refractivity contribution in [2.75, 3.05) is 32.1 Å². The molecule has 1 atom stereocenters. The van der Waals surface area contributed by atoms with Crippen LogP contribution in [0.3, 0.4) is 0 Å². The number of β-amino-alcohol motifs (C(OH)–C–C–N with tert-alkyl or cyclic N) is 1. The molecule has 88 valence electrons. The second-order valence-corrected chi connectivity index (χ2v) is 4.74. The number of nitrogens with zero attached hydrogens (tertiary/aromatic N) is 2. The summed E-state index contributed by atoms with van der Waals surface area (Å²) in [6.45, 7) is 2.77. The molecule has 16 heavy (non-hydrogen) atoms. The van der Waals surface area contributed by atoms with E-state index in [1.165, 1.54) is 11.3 Å². The third-order valence-corrected chi connectivity index (χ3v) is 3.11. The smallest absolute Gasteiger partial charge is 0.0679 e. The van der Waals surface area contributed by atoms with Crippen LogP contribution in [0.4, 0.5) is 5.69 Å². The molecule has 0 aliphatic carbocycles. The maximum absolute atomic E-state index is 9.45. The lowest BCUT2D eigenvalue weighted by atomic mass is 10.2. The summed E-state index contributed by atoms with van der Waals surface area (Å²) < 4.78 is 0. The van der Waals surface area contributed by atoms with Crippen molar-refractivity contribution in [1.29, 1.82) is 0 Å². The number of likely N-dealkylation sites (tertiary alicyclic amines) is 1. The van der Waals surface area contributed by atoms with Crippen molar-refractivity contribution in [2.45, 2.75) is 19.1 Å². The van der Waals surface area contributed by atoms with Crippen molar-refractivity contribution in [1.82, 2.24) is 4.90 Å². The Kier molecular flexibility index (Phi) is 3.46. The molecule has 3 nitrogen and oxygen atoms in total. The molecule has 1 heterocycles. The molecular weight excluding hydrogens is 200 g/mol. The van der Waals surface area contributed by atoms with Gasteiger partial charge in [-0.05, 0) is 24.1 Å². The van der Waals surface area contributed by atoms with E-state index in [0.29, 0.717) is 0 Å². The molecule has 1 aromatic carbocycles. The van der Waals surface area contributed by atoms with Crippen LogP contribution >= 0.6 is 0 Å². The molecule has 0 saturated carbocycles. The average molecular weight is 220 g/mol. The molecule has 0 bridgehead atoms. The molecule has 1 aliphatic heterocycles. The van der Waals surface area contributed by atoms with Crippen LogP contribution in [0, 0.1) is 0 Å². The summed E-state index contributed by atoms with van der Waals surface area (Å²) in [6, 6.07) is 8.61. The minimum atomic E-state index is -0.124. The van der Waals surface area contributed by atoms with Crippen molar-refractivity contribution in [3.05, 3.63) is 29.8 Å². The van der Waals surface area contributed by atoms with E-state index in [2.05, 4.69) is 34.1 Å². The minimum absolute atomic E-state index is 0.124. The summed E-state index contributed by atoms with van der Waals surface area (Å²) in [7, 11) is 4.09. The standard InChI is InChI=1S/C13H20N2O/c1-14(2)12-5-3-11(4-6-12)9-15-8-7-13(16)10-15/h3-6,13,16H,7-10H2,1-2H3/t13-/m1/s1. The number of aliphatic hydroxyl groups is 1. The van der Waals surface area contributed by atoms with Crippen LogP contribution in [-0.4, -0.2) is 43.3 Å². The molecule has 1 saturated heterocycles. The number of rotatable bonds is 3. The first-order valence-electron chi connectivity index (χ1n) is 5.82. The maximum Gasteiger partial charge on any atom is 0.0679 e. The molecule has 0 aromatic heterocycles. The van der Waals surface area contributed by atoms with Gasteiger partial charge in [0.15, 0.2) is 0 Å². The molecule has 1 aromatic rings. The highest BCUT2D eigenvalue weighted by Crippen LogP contribution is 2.16. The Bertz CT molecular complexity index is 334. The second kappa shape index (κ2) is 4.85. The molecule has 1 N–H and O–H groups in total. The van der Waals surface area contributed by atoms with Crippen LogP contribution in [0.25, 0.3) is 0 Å². The molecule has 0 radical (unpaired) electrons. The Morgan fingerprint density at radius 1 is 1.31 bits per heavy atom. The van der Waals surface area contributed by atoms with Crippen LogP contribution in [0.15, 0.2) is 24.3 Å². The highest BCUT2D eigenvalue weighted by molar-refractivity contribution is 5.45. The van der Waals surface area contributed by atoms with Gasteiger partial charge in [0.2, 0.25) is 0 Å². The number of benzene rings is 1. The second-order valence-electron chi connectivity index (χ2n) is 4.74. The first kappa shape index (κ1) is 11.4. The predicted octanol–water partition coefficient (Wildman–Crippen LogP) is 1.32. The van der Waals surface area contributed by atoms with Gasteiger partial charge in [0, 0.05) is 39.4 Å². The minimum Gasteiger partial charge on any atom is -0.392 e. The number of aliphatic hydroxyl groups excluding tert-OH is 1. The molecular formula is C13H20N2O. The Morgan fingerprint density at radius 3 is 2.50 bits per heavy atom. The summed E-state index contributed by atoms with van der Waals surface area (Å²) in [5.41, 5.74) is 2.55. The van der Waals surface area contributed by atoms with E-state index in [1.807, 2.05) is 14.1 Å². The monoisotopic (exact) mass is 220 g/mol. The van der Waals surface area contributed by atoms with Crippen molar-refractivity contribution >= 4 is 5.69 Å². The zero-order chi connectivity index (χ0) is 11.5. The summed E-state index contributed by atoms with van der Waals surface area (Å²) in [5.74, 6) is 0. The van der Waals surface area contributed by atoms with Crippen LogP contribution < -0.4 is 4.90 Å². The van der Waals surface area contributed by atoms with E-state index in [0.717, 1.165) is 26.1 Å². The largest absolute Gasteiger partial charge is 0.392 e.